The molecule has 2 aromatic rings. The summed E-state index contributed by atoms with van der Waals surface area (Å²) in [5.74, 6) is -0.178. The third-order valence-corrected chi connectivity index (χ3v) is 2.40. The van der Waals surface area contributed by atoms with Crippen molar-refractivity contribution in [3.63, 3.8) is 0 Å². The van der Waals surface area contributed by atoms with Gasteiger partial charge in [-0.1, -0.05) is 0 Å². The Bertz CT molecular complexity index is 450. The number of thiazole rings is 1. The number of anilines is 1. The monoisotopic (exact) mass is 224 g/mol. The first-order chi connectivity index (χ1) is 7.25. The number of carbonyl (C=O) groups excluding carboxylic acids is 1. The van der Waals surface area contributed by atoms with Gasteiger partial charge in [-0.2, -0.15) is 4.98 Å². The molecule has 2 rings (SSSR count). The van der Waals surface area contributed by atoms with Gasteiger partial charge in [-0.05, 0) is 0 Å². The summed E-state index contributed by atoms with van der Waals surface area (Å²) < 4.78 is 0. The van der Waals surface area contributed by atoms with Gasteiger partial charge in [-0.25, -0.2) is 0 Å². The van der Waals surface area contributed by atoms with Crippen LogP contribution in [0.4, 0.5) is 5.95 Å². The van der Waals surface area contributed by atoms with Crippen molar-refractivity contribution in [1.29, 1.82) is 0 Å². The lowest BCUT2D eigenvalue weighted by Crippen LogP contribution is -2.23. The molecule has 2 heterocycles. The fourth-order valence-electron chi connectivity index (χ4n) is 0.957. The van der Waals surface area contributed by atoms with Crippen LogP contribution in [0.2, 0.25) is 0 Å². The van der Waals surface area contributed by atoms with E-state index in [4.69, 9.17) is 5.73 Å². The van der Waals surface area contributed by atoms with Crippen LogP contribution < -0.4 is 11.1 Å². The quantitative estimate of drug-likeness (QED) is 0.667. The van der Waals surface area contributed by atoms with Gasteiger partial charge >= 0.3 is 0 Å². The summed E-state index contributed by atoms with van der Waals surface area (Å²) in [5, 5.41) is 8.64. The summed E-state index contributed by atoms with van der Waals surface area (Å²) >= 11 is 1.47. The van der Waals surface area contributed by atoms with Crippen LogP contribution >= 0.6 is 11.3 Å². The number of hydrogen-bond donors (Lipinski definition) is 3. The van der Waals surface area contributed by atoms with Crippen LogP contribution in [0, 0.1) is 0 Å². The van der Waals surface area contributed by atoms with Gasteiger partial charge in [-0.3, -0.25) is 14.9 Å². The summed E-state index contributed by atoms with van der Waals surface area (Å²) in [7, 11) is 0. The smallest absolute Gasteiger partial charge is 0.288 e. The molecule has 1 amide bonds. The molecule has 0 unspecified atom stereocenters. The van der Waals surface area contributed by atoms with Crippen molar-refractivity contribution in [2.45, 2.75) is 6.54 Å². The predicted octanol–water partition coefficient (Wildman–Crippen LogP) is -0.227. The molecule has 0 aliphatic carbocycles. The van der Waals surface area contributed by atoms with Crippen molar-refractivity contribution in [3.8, 4) is 0 Å². The standard InChI is InChI=1S/C7H8N6OS/c8-7-11-5(12-13-7)6(14)10-2-4-1-9-3-15-4/h1,3H,2H2,(H,10,14)(H3,8,11,12,13). The normalized spacial score (nSPS) is 10.1. The number of rotatable bonds is 3. The second kappa shape index (κ2) is 4.05. The minimum Gasteiger partial charge on any atom is -0.366 e. The molecule has 8 heteroatoms. The van der Waals surface area contributed by atoms with Crippen LogP contribution in [0.1, 0.15) is 15.5 Å². The van der Waals surface area contributed by atoms with E-state index in [2.05, 4.69) is 25.5 Å². The number of nitrogens with one attached hydrogen (secondary N) is 2. The lowest BCUT2D eigenvalue weighted by molar-refractivity contribution is 0.0941. The Morgan fingerprint density at radius 2 is 2.53 bits per heavy atom. The second-order valence-corrected chi connectivity index (χ2v) is 3.66. The molecule has 0 atom stereocenters. The minimum atomic E-state index is -0.340. The first kappa shape index (κ1) is 9.59. The van der Waals surface area contributed by atoms with Gasteiger partial charge in [0.15, 0.2) is 0 Å². The number of hydrogen-bond acceptors (Lipinski definition) is 6. The Hall–Kier alpha value is -1.96. The maximum absolute atomic E-state index is 11.4. The lowest BCUT2D eigenvalue weighted by atomic mass is 10.5. The average Bonchev–Trinajstić information content (AvgIpc) is 2.84. The van der Waals surface area contributed by atoms with E-state index < -0.39 is 0 Å². The number of carbonyl (C=O) groups is 1. The van der Waals surface area contributed by atoms with Gasteiger partial charge in [-0.15, -0.1) is 16.4 Å². The molecule has 15 heavy (non-hydrogen) atoms. The maximum atomic E-state index is 11.4. The van der Waals surface area contributed by atoms with Crippen LogP contribution in [0.25, 0.3) is 0 Å². The Morgan fingerprint density at radius 1 is 1.67 bits per heavy atom. The van der Waals surface area contributed by atoms with Gasteiger partial charge < -0.3 is 11.1 Å². The molecule has 0 aromatic carbocycles. The first-order valence-corrected chi connectivity index (χ1v) is 4.97. The Balaban J connectivity index is 1.93. The second-order valence-electron chi connectivity index (χ2n) is 2.69. The van der Waals surface area contributed by atoms with Crippen molar-refractivity contribution in [1.82, 2.24) is 25.5 Å². The predicted molar refractivity (Wildman–Crippen MR) is 54.1 cm³/mol. The van der Waals surface area contributed by atoms with E-state index in [0.29, 0.717) is 6.54 Å². The molecule has 0 saturated heterocycles. The minimum absolute atomic E-state index is 0.0536. The summed E-state index contributed by atoms with van der Waals surface area (Å²) in [6.45, 7) is 0.421. The Labute approximate surface area is 88.7 Å². The number of nitrogens with zero attached hydrogens (tertiary/aromatic N) is 3. The highest BCUT2D eigenvalue weighted by molar-refractivity contribution is 7.09. The molecule has 7 nitrogen and oxygen atoms in total. The zero-order chi connectivity index (χ0) is 10.7. The molecule has 4 N–H and O–H groups in total. The van der Waals surface area contributed by atoms with Gasteiger partial charge in [0.2, 0.25) is 11.8 Å². The van der Waals surface area contributed by atoms with Crippen LogP contribution in [0.15, 0.2) is 11.7 Å². The van der Waals surface area contributed by atoms with Gasteiger partial charge in [0.05, 0.1) is 12.1 Å². The van der Waals surface area contributed by atoms with Crippen LogP contribution in [0.5, 0.6) is 0 Å². The zero-order valence-corrected chi connectivity index (χ0v) is 8.41. The Kier molecular flexibility index (Phi) is 2.59. The number of amides is 1. The summed E-state index contributed by atoms with van der Waals surface area (Å²) in [6, 6.07) is 0. The molecular weight excluding hydrogens is 216 g/mol. The zero-order valence-electron chi connectivity index (χ0n) is 7.60. The van der Waals surface area contributed by atoms with Crippen LogP contribution in [-0.2, 0) is 6.54 Å². The number of nitrogen functional groups attached to an aromatic ring is 1. The van der Waals surface area contributed by atoms with Crippen molar-refractivity contribution in [2.75, 3.05) is 5.73 Å². The highest BCUT2D eigenvalue weighted by Crippen LogP contribution is 2.04. The molecule has 0 fully saturated rings. The van der Waals surface area contributed by atoms with Gasteiger partial charge in [0, 0.05) is 11.1 Å². The first-order valence-electron chi connectivity index (χ1n) is 4.09. The van der Waals surface area contributed by atoms with Gasteiger partial charge in [0.25, 0.3) is 5.91 Å². The number of aromatic nitrogens is 4. The Morgan fingerprint density at radius 3 is 3.13 bits per heavy atom. The average molecular weight is 224 g/mol. The van der Waals surface area contributed by atoms with E-state index in [0.717, 1.165) is 4.88 Å². The number of aromatic amines is 1. The SMILES string of the molecule is Nc1n[nH]c(C(=O)NCc2cncs2)n1. The fraction of sp³-hybridized carbons (Fsp3) is 0.143. The molecule has 0 aliphatic heterocycles. The molecule has 0 aliphatic rings. The lowest BCUT2D eigenvalue weighted by Gasteiger charge is -1.98. The maximum Gasteiger partial charge on any atom is 0.288 e. The van der Waals surface area contributed by atoms with E-state index in [1.54, 1.807) is 11.7 Å². The largest absolute Gasteiger partial charge is 0.366 e. The molecular formula is C7H8N6OS. The van der Waals surface area contributed by atoms with Crippen molar-refractivity contribution >= 4 is 23.2 Å². The van der Waals surface area contributed by atoms with Crippen LogP contribution in [-0.4, -0.2) is 26.1 Å². The summed E-state index contributed by atoms with van der Waals surface area (Å²) in [5.41, 5.74) is 6.97. The fourth-order valence-corrected chi connectivity index (χ4v) is 1.49. The van der Waals surface area contributed by atoms with E-state index in [9.17, 15) is 4.79 Å². The highest BCUT2D eigenvalue weighted by Gasteiger charge is 2.09. The van der Waals surface area contributed by atoms with Crippen molar-refractivity contribution in [3.05, 3.63) is 22.4 Å². The number of nitrogens with two attached hydrogens (primary N) is 1. The molecule has 78 valence electrons. The highest BCUT2D eigenvalue weighted by atomic mass is 32.1. The van der Waals surface area contributed by atoms with Crippen molar-refractivity contribution in [2.24, 2.45) is 0 Å². The molecule has 0 spiro atoms. The van der Waals surface area contributed by atoms with E-state index in [1.807, 2.05) is 0 Å². The summed E-state index contributed by atoms with van der Waals surface area (Å²) in [4.78, 5) is 20.0. The van der Waals surface area contributed by atoms with Crippen molar-refractivity contribution < 1.29 is 4.79 Å². The van der Waals surface area contributed by atoms with Crippen LogP contribution in [0.3, 0.4) is 0 Å². The van der Waals surface area contributed by atoms with E-state index in [-0.39, 0.29) is 17.7 Å². The third-order valence-electron chi connectivity index (χ3n) is 1.62. The van der Waals surface area contributed by atoms with Gasteiger partial charge in [0.1, 0.15) is 0 Å². The number of H-pyrrole nitrogens is 1. The molecule has 0 radical (unpaired) electrons. The molecule has 0 saturated carbocycles. The molecule has 2 aromatic heterocycles. The third kappa shape index (κ3) is 2.29. The topological polar surface area (TPSA) is 110 Å². The molecule has 0 bridgehead atoms. The summed E-state index contributed by atoms with van der Waals surface area (Å²) in [6.07, 6.45) is 1.69. The van der Waals surface area contributed by atoms with E-state index in [1.165, 1.54) is 11.3 Å². The van der Waals surface area contributed by atoms with E-state index >= 15 is 0 Å².